The van der Waals surface area contributed by atoms with Gasteiger partial charge in [-0.15, -0.1) is 0 Å². The number of H-pyrrole nitrogens is 1. The molecular formula is C11H13N3OS. The predicted octanol–water partition coefficient (Wildman–Crippen LogP) is 1.74. The van der Waals surface area contributed by atoms with Crippen LogP contribution in [0.2, 0.25) is 0 Å². The normalized spacial score (nSPS) is 10.6. The van der Waals surface area contributed by atoms with Crippen LogP contribution in [-0.4, -0.2) is 40.6 Å². The molecule has 0 radical (unpaired) electrons. The molecule has 1 amide bonds. The van der Waals surface area contributed by atoms with Gasteiger partial charge in [-0.3, -0.25) is 4.79 Å². The van der Waals surface area contributed by atoms with Crippen molar-refractivity contribution in [3.63, 3.8) is 0 Å². The topological polar surface area (TPSA) is 49.0 Å². The Kier molecular flexibility index (Phi) is 3.14. The molecule has 0 saturated carbocycles. The molecule has 0 spiro atoms. The van der Waals surface area contributed by atoms with E-state index in [9.17, 15) is 4.79 Å². The van der Waals surface area contributed by atoms with E-state index >= 15 is 0 Å². The summed E-state index contributed by atoms with van der Waals surface area (Å²) in [5.74, 6) is 0.498. The van der Waals surface area contributed by atoms with Gasteiger partial charge in [-0.1, -0.05) is 23.9 Å². The number of carbonyl (C=O) groups excluding carboxylic acids is 1. The van der Waals surface area contributed by atoms with Gasteiger partial charge >= 0.3 is 0 Å². The predicted molar refractivity (Wildman–Crippen MR) is 65.5 cm³/mol. The Labute approximate surface area is 98.0 Å². The molecule has 0 unspecified atom stereocenters. The molecule has 1 aromatic heterocycles. The Morgan fingerprint density at radius 3 is 2.88 bits per heavy atom. The van der Waals surface area contributed by atoms with Crippen LogP contribution in [0.15, 0.2) is 29.4 Å². The first-order valence-electron chi connectivity index (χ1n) is 4.94. The second kappa shape index (κ2) is 4.57. The fraction of sp³-hybridized carbons (Fsp3) is 0.273. The molecule has 1 aromatic carbocycles. The Morgan fingerprint density at radius 1 is 1.44 bits per heavy atom. The quantitative estimate of drug-likeness (QED) is 0.824. The van der Waals surface area contributed by atoms with E-state index in [1.54, 1.807) is 19.0 Å². The molecule has 2 rings (SSSR count). The van der Waals surface area contributed by atoms with Crippen LogP contribution in [-0.2, 0) is 4.79 Å². The van der Waals surface area contributed by atoms with Crippen molar-refractivity contribution in [2.45, 2.75) is 5.16 Å². The number of thioether (sulfide) groups is 1. The smallest absolute Gasteiger partial charge is 0.232 e. The third-order valence-electron chi connectivity index (χ3n) is 2.20. The average Bonchev–Trinajstić information content (AvgIpc) is 2.68. The number of imidazole rings is 1. The molecule has 0 aliphatic heterocycles. The highest BCUT2D eigenvalue weighted by molar-refractivity contribution is 7.99. The van der Waals surface area contributed by atoms with E-state index in [4.69, 9.17) is 0 Å². The van der Waals surface area contributed by atoms with E-state index in [1.165, 1.54) is 11.8 Å². The second-order valence-electron chi connectivity index (χ2n) is 3.64. The molecule has 0 atom stereocenters. The summed E-state index contributed by atoms with van der Waals surface area (Å²) in [7, 11) is 3.50. The molecule has 16 heavy (non-hydrogen) atoms. The number of hydrogen-bond acceptors (Lipinski definition) is 3. The Morgan fingerprint density at radius 2 is 2.19 bits per heavy atom. The van der Waals surface area contributed by atoms with Crippen molar-refractivity contribution >= 4 is 28.7 Å². The maximum atomic E-state index is 11.4. The van der Waals surface area contributed by atoms with E-state index in [2.05, 4.69) is 9.97 Å². The molecule has 5 heteroatoms. The molecule has 1 N–H and O–H groups in total. The first-order chi connectivity index (χ1) is 7.66. The highest BCUT2D eigenvalue weighted by Crippen LogP contribution is 2.18. The van der Waals surface area contributed by atoms with Gasteiger partial charge in [0.25, 0.3) is 0 Å². The maximum Gasteiger partial charge on any atom is 0.232 e. The number of nitrogens with zero attached hydrogens (tertiary/aromatic N) is 2. The monoisotopic (exact) mass is 235 g/mol. The first-order valence-corrected chi connectivity index (χ1v) is 5.93. The van der Waals surface area contributed by atoms with Crippen molar-refractivity contribution in [1.82, 2.24) is 14.9 Å². The largest absolute Gasteiger partial charge is 0.348 e. The molecular weight excluding hydrogens is 222 g/mol. The number of amides is 1. The van der Waals surface area contributed by atoms with Crippen molar-refractivity contribution in [2.75, 3.05) is 19.8 Å². The summed E-state index contributed by atoms with van der Waals surface area (Å²) in [5.41, 5.74) is 1.93. The van der Waals surface area contributed by atoms with Crippen LogP contribution in [0.4, 0.5) is 0 Å². The van der Waals surface area contributed by atoms with Crippen LogP contribution in [0.1, 0.15) is 0 Å². The zero-order valence-corrected chi connectivity index (χ0v) is 10.0. The molecule has 0 fully saturated rings. The lowest BCUT2D eigenvalue weighted by Crippen LogP contribution is -2.23. The minimum atomic E-state index is 0.0884. The van der Waals surface area contributed by atoms with Crippen LogP contribution in [0.25, 0.3) is 11.0 Å². The van der Waals surface area contributed by atoms with Gasteiger partial charge in [0, 0.05) is 14.1 Å². The van der Waals surface area contributed by atoms with E-state index in [1.807, 2.05) is 24.3 Å². The molecule has 2 aromatic rings. The average molecular weight is 235 g/mol. The van der Waals surface area contributed by atoms with Gasteiger partial charge in [0.2, 0.25) is 5.91 Å². The number of nitrogens with one attached hydrogen (secondary N) is 1. The van der Waals surface area contributed by atoms with Crippen molar-refractivity contribution in [1.29, 1.82) is 0 Å². The van der Waals surface area contributed by atoms with Gasteiger partial charge in [-0.05, 0) is 12.1 Å². The standard InChI is InChI=1S/C11H13N3OS/c1-14(2)10(15)7-16-11-12-8-5-3-4-6-9(8)13-11/h3-6H,7H2,1-2H3,(H,12,13). The van der Waals surface area contributed by atoms with Crippen LogP contribution in [0.5, 0.6) is 0 Å². The molecule has 84 valence electrons. The Bertz CT molecular complexity index is 474. The molecule has 0 aliphatic rings. The number of aromatic nitrogens is 2. The molecule has 1 heterocycles. The van der Waals surface area contributed by atoms with Crippen molar-refractivity contribution in [3.05, 3.63) is 24.3 Å². The number of hydrogen-bond donors (Lipinski definition) is 1. The minimum Gasteiger partial charge on any atom is -0.348 e. The number of benzene rings is 1. The summed E-state index contributed by atoms with van der Waals surface area (Å²) >= 11 is 1.42. The van der Waals surface area contributed by atoms with Crippen molar-refractivity contribution < 1.29 is 4.79 Å². The summed E-state index contributed by atoms with van der Waals surface area (Å²) in [6.07, 6.45) is 0. The fourth-order valence-electron chi connectivity index (χ4n) is 1.26. The Balaban J connectivity index is 2.07. The van der Waals surface area contributed by atoms with Gasteiger partial charge in [0.15, 0.2) is 5.16 Å². The minimum absolute atomic E-state index is 0.0884. The lowest BCUT2D eigenvalue weighted by Gasteiger charge is -2.08. The summed E-state index contributed by atoms with van der Waals surface area (Å²) < 4.78 is 0. The number of fused-ring (bicyclic) bond motifs is 1. The molecule has 4 nitrogen and oxygen atoms in total. The van der Waals surface area contributed by atoms with Gasteiger partial charge < -0.3 is 9.88 Å². The highest BCUT2D eigenvalue weighted by Gasteiger charge is 2.07. The van der Waals surface area contributed by atoms with Gasteiger partial charge in [-0.2, -0.15) is 0 Å². The lowest BCUT2D eigenvalue weighted by molar-refractivity contribution is -0.125. The van der Waals surface area contributed by atoms with Crippen molar-refractivity contribution in [3.8, 4) is 0 Å². The van der Waals surface area contributed by atoms with E-state index in [-0.39, 0.29) is 5.91 Å². The van der Waals surface area contributed by atoms with Crippen LogP contribution in [0.3, 0.4) is 0 Å². The van der Waals surface area contributed by atoms with Crippen molar-refractivity contribution in [2.24, 2.45) is 0 Å². The number of carbonyl (C=O) groups is 1. The number of rotatable bonds is 3. The number of aromatic amines is 1. The summed E-state index contributed by atoms with van der Waals surface area (Å²) in [6.45, 7) is 0. The van der Waals surface area contributed by atoms with E-state index < -0.39 is 0 Å². The zero-order valence-electron chi connectivity index (χ0n) is 9.23. The third-order valence-corrected chi connectivity index (χ3v) is 3.06. The highest BCUT2D eigenvalue weighted by atomic mass is 32.2. The second-order valence-corrected chi connectivity index (χ2v) is 4.60. The first kappa shape index (κ1) is 11.0. The summed E-state index contributed by atoms with van der Waals surface area (Å²) in [4.78, 5) is 20.5. The van der Waals surface area contributed by atoms with Crippen LogP contribution < -0.4 is 0 Å². The fourth-order valence-corrected chi connectivity index (χ4v) is 2.12. The molecule has 0 saturated heterocycles. The van der Waals surface area contributed by atoms with E-state index in [0.717, 1.165) is 16.2 Å². The third kappa shape index (κ3) is 2.36. The van der Waals surface area contributed by atoms with Gasteiger partial charge in [0.1, 0.15) is 0 Å². The SMILES string of the molecule is CN(C)C(=O)CSc1nc2ccccc2[nH]1. The lowest BCUT2D eigenvalue weighted by atomic mass is 10.3. The van der Waals surface area contributed by atoms with Gasteiger partial charge in [0.05, 0.1) is 16.8 Å². The summed E-state index contributed by atoms with van der Waals surface area (Å²) in [6, 6.07) is 7.83. The van der Waals surface area contributed by atoms with Crippen LogP contribution >= 0.6 is 11.8 Å². The maximum absolute atomic E-state index is 11.4. The summed E-state index contributed by atoms with van der Waals surface area (Å²) in [5, 5.41) is 0.788. The van der Waals surface area contributed by atoms with Crippen LogP contribution in [0, 0.1) is 0 Å². The van der Waals surface area contributed by atoms with E-state index in [0.29, 0.717) is 5.75 Å². The molecule has 0 aliphatic carbocycles. The Hall–Kier alpha value is -1.49. The molecule has 0 bridgehead atoms. The van der Waals surface area contributed by atoms with Gasteiger partial charge in [-0.25, -0.2) is 4.98 Å². The zero-order chi connectivity index (χ0) is 11.5. The number of para-hydroxylation sites is 2.